The Morgan fingerprint density at radius 3 is 2.57 bits per heavy atom. The summed E-state index contributed by atoms with van der Waals surface area (Å²) in [7, 11) is 0. The Morgan fingerprint density at radius 2 is 1.81 bits per heavy atom. The number of nitrogens with zero attached hydrogens (tertiary/aromatic N) is 6. The predicted octanol–water partition coefficient (Wildman–Crippen LogP) is 5.16. The molecule has 0 bridgehead atoms. The van der Waals surface area contributed by atoms with Crippen molar-refractivity contribution in [1.82, 2.24) is 34.7 Å². The van der Waals surface area contributed by atoms with E-state index in [2.05, 4.69) is 42.4 Å². The van der Waals surface area contributed by atoms with E-state index >= 15 is 0 Å². The quantitative estimate of drug-likeness (QED) is 0.374. The summed E-state index contributed by atoms with van der Waals surface area (Å²) in [5.41, 5.74) is 2.31. The van der Waals surface area contributed by atoms with Crippen LogP contribution in [0.5, 0.6) is 0 Å². The van der Waals surface area contributed by atoms with Crippen LogP contribution in [0.25, 0.3) is 22.3 Å². The molecule has 0 radical (unpaired) electrons. The Bertz CT molecular complexity index is 1390. The number of aromatic nitrogens is 5. The summed E-state index contributed by atoms with van der Waals surface area (Å²) in [4.78, 5) is 19.8. The second-order valence-electron chi connectivity index (χ2n) is 9.76. The minimum absolute atomic E-state index is 0.00692. The van der Waals surface area contributed by atoms with Crippen molar-refractivity contribution < 1.29 is 8.78 Å². The largest absolute Gasteiger partial charge is 0.326 e. The first-order valence-corrected chi connectivity index (χ1v) is 12.7. The Hall–Kier alpha value is -3.50. The number of hydrogen-bond acceptors (Lipinski definition) is 7. The summed E-state index contributed by atoms with van der Waals surface area (Å²) in [5, 5.41) is 6.48. The van der Waals surface area contributed by atoms with Crippen LogP contribution in [0.15, 0.2) is 36.7 Å². The molecule has 5 rings (SSSR count). The van der Waals surface area contributed by atoms with Gasteiger partial charge in [-0.15, -0.1) is 0 Å². The van der Waals surface area contributed by atoms with Gasteiger partial charge in [0.1, 0.15) is 22.9 Å². The number of fused-ring (bicyclic) bond motifs is 1. The lowest BCUT2D eigenvalue weighted by molar-refractivity contribution is 0.225. The zero-order chi connectivity index (χ0) is 26.1. The van der Waals surface area contributed by atoms with Crippen LogP contribution >= 0.6 is 0 Å². The maximum atomic E-state index is 15.0. The van der Waals surface area contributed by atoms with Gasteiger partial charge < -0.3 is 15.2 Å². The Labute approximate surface area is 215 Å². The highest BCUT2D eigenvalue weighted by Gasteiger charge is 2.19. The first-order valence-electron chi connectivity index (χ1n) is 12.7. The number of aryl methyl sites for hydroxylation is 1. The maximum absolute atomic E-state index is 15.0. The molecule has 1 saturated heterocycles. The zero-order valence-corrected chi connectivity index (χ0v) is 21.6. The van der Waals surface area contributed by atoms with Crippen molar-refractivity contribution >= 4 is 22.8 Å². The van der Waals surface area contributed by atoms with Gasteiger partial charge in [0, 0.05) is 36.9 Å². The van der Waals surface area contributed by atoms with Crippen LogP contribution in [0.3, 0.4) is 0 Å². The highest BCUT2D eigenvalue weighted by Crippen LogP contribution is 2.30. The highest BCUT2D eigenvalue weighted by atomic mass is 19.1. The molecule has 2 N–H and O–H groups in total. The number of imidazole rings is 1. The van der Waals surface area contributed by atoms with Gasteiger partial charge in [-0.05, 0) is 71.0 Å². The highest BCUT2D eigenvalue weighted by molar-refractivity contribution is 5.83. The van der Waals surface area contributed by atoms with Crippen LogP contribution in [0, 0.1) is 18.6 Å². The third-order valence-corrected chi connectivity index (χ3v) is 6.89. The van der Waals surface area contributed by atoms with Crippen LogP contribution in [0.4, 0.5) is 20.5 Å². The summed E-state index contributed by atoms with van der Waals surface area (Å²) in [5.74, 6) is 0.260. The lowest BCUT2D eigenvalue weighted by Gasteiger charge is -2.27. The fourth-order valence-electron chi connectivity index (χ4n) is 4.99. The fraction of sp³-hybridized carbons (Fsp3) is 0.407. The lowest BCUT2D eigenvalue weighted by Crippen LogP contribution is -2.30. The maximum Gasteiger partial charge on any atom is 0.229 e. The van der Waals surface area contributed by atoms with Crippen molar-refractivity contribution in [2.75, 3.05) is 31.5 Å². The number of anilines is 2. The molecule has 0 saturated carbocycles. The molecule has 1 unspecified atom stereocenters. The number of benzene rings is 1. The van der Waals surface area contributed by atoms with Gasteiger partial charge in [-0.25, -0.2) is 28.7 Å². The van der Waals surface area contributed by atoms with Crippen LogP contribution in [-0.4, -0.2) is 55.6 Å². The van der Waals surface area contributed by atoms with Gasteiger partial charge in [0.25, 0.3) is 0 Å². The van der Waals surface area contributed by atoms with E-state index in [1.165, 1.54) is 6.07 Å². The molecule has 1 aliphatic heterocycles. The Balaban J connectivity index is 1.40. The topological polar surface area (TPSA) is 83.8 Å². The van der Waals surface area contributed by atoms with Crippen molar-refractivity contribution in [1.29, 1.82) is 0 Å². The number of pyridine rings is 1. The van der Waals surface area contributed by atoms with Crippen molar-refractivity contribution in [3.63, 3.8) is 0 Å². The summed E-state index contributed by atoms with van der Waals surface area (Å²) in [6.07, 6.45) is 4.05. The van der Waals surface area contributed by atoms with Crippen molar-refractivity contribution in [3.8, 4) is 11.3 Å². The molecule has 3 aromatic heterocycles. The van der Waals surface area contributed by atoms with Crippen LogP contribution in [-0.2, 0) is 0 Å². The van der Waals surface area contributed by atoms with Gasteiger partial charge in [0.15, 0.2) is 11.6 Å². The van der Waals surface area contributed by atoms with E-state index in [9.17, 15) is 8.78 Å². The Kier molecular flexibility index (Phi) is 7.12. The molecular weight excluding hydrogens is 474 g/mol. The van der Waals surface area contributed by atoms with Crippen LogP contribution in [0.2, 0.25) is 0 Å². The number of hydrogen-bond donors (Lipinski definition) is 2. The first-order chi connectivity index (χ1) is 17.8. The van der Waals surface area contributed by atoms with E-state index in [0.717, 1.165) is 44.4 Å². The normalized spacial score (nSPS) is 15.8. The number of halogens is 2. The van der Waals surface area contributed by atoms with E-state index in [1.54, 1.807) is 6.07 Å². The molecule has 4 aromatic rings. The Morgan fingerprint density at radius 1 is 0.973 bits per heavy atom. The molecule has 4 heterocycles. The molecule has 0 spiro atoms. The molecule has 37 heavy (non-hydrogen) atoms. The summed E-state index contributed by atoms with van der Waals surface area (Å²) in [6, 6.07) is 7.20. The van der Waals surface area contributed by atoms with Crippen LogP contribution < -0.4 is 10.6 Å². The molecule has 10 heteroatoms. The first kappa shape index (κ1) is 25.2. The molecule has 194 valence electrons. The third kappa shape index (κ3) is 5.17. The van der Waals surface area contributed by atoms with Gasteiger partial charge in [-0.1, -0.05) is 6.07 Å². The molecule has 0 aliphatic carbocycles. The summed E-state index contributed by atoms with van der Waals surface area (Å²) in [6.45, 7) is 12.1. The van der Waals surface area contributed by atoms with E-state index < -0.39 is 11.6 Å². The van der Waals surface area contributed by atoms with E-state index in [4.69, 9.17) is 0 Å². The molecule has 1 atom stereocenters. The summed E-state index contributed by atoms with van der Waals surface area (Å²) >= 11 is 0. The standard InChI is InChI=1S/C27H32F2N8/c1-16(2)37-18(4)33-26-21(28)12-20(13-23(26)37)25-22(29)15-32-27(35-25)34-24-7-6-19(14-31-24)17(3)36-10-5-8-30-9-11-36/h6-7,12-17,30H,5,8-11H2,1-4H3,(H,31,32,34,35). The SMILES string of the molecule is Cc1nc2c(F)cc(-c3nc(Nc4ccc(C(C)N5CCCNCC5)cn4)ncc3F)cc2n1C(C)C. The second kappa shape index (κ2) is 10.5. The fourth-order valence-corrected chi connectivity index (χ4v) is 4.99. The molecule has 8 nitrogen and oxygen atoms in total. The zero-order valence-electron chi connectivity index (χ0n) is 21.6. The van der Waals surface area contributed by atoms with Crippen molar-refractivity contribution in [3.05, 3.63) is 59.7 Å². The minimum atomic E-state index is -0.638. The van der Waals surface area contributed by atoms with Crippen LogP contribution in [0.1, 0.15) is 50.7 Å². The van der Waals surface area contributed by atoms with Crippen molar-refractivity contribution in [2.45, 2.75) is 46.2 Å². The third-order valence-electron chi connectivity index (χ3n) is 6.89. The minimum Gasteiger partial charge on any atom is -0.326 e. The monoisotopic (exact) mass is 506 g/mol. The van der Waals surface area contributed by atoms with Gasteiger partial charge in [0.05, 0.1) is 11.7 Å². The average molecular weight is 507 g/mol. The second-order valence-corrected chi connectivity index (χ2v) is 9.76. The molecule has 1 aliphatic rings. The molecule has 0 amide bonds. The predicted molar refractivity (Wildman–Crippen MR) is 141 cm³/mol. The number of nitrogens with one attached hydrogen (secondary N) is 2. The average Bonchev–Trinajstić information content (AvgIpc) is 3.03. The van der Waals surface area contributed by atoms with Gasteiger partial charge in [-0.2, -0.15) is 0 Å². The van der Waals surface area contributed by atoms with E-state index in [1.807, 2.05) is 43.7 Å². The van der Waals surface area contributed by atoms with Gasteiger partial charge >= 0.3 is 0 Å². The smallest absolute Gasteiger partial charge is 0.229 e. The van der Waals surface area contributed by atoms with E-state index in [-0.39, 0.29) is 29.2 Å². The molecule has 1 fully saturated rings. The van der Waals surface area contributed by atoms with Crippen molar-refractivity contribution in [2.24, 2.45) is 0 Å². The molecule has 1 aromatic carbocycles. The molecular formula is C27H32F2N8. The summed E-state index contributed by atoms with van der Waals surface area (Å²) < 4.78 is 31.7. The van der Waals surface area contributed by atoms with E-state index in [0.29, 0.717) is 22.7 Å². The number of rotatable bonds is 6. The van der Waals surface area contributed by atoms with Gasteiger partial charge in [0.2, 0.25) is 5.95 Å². The van der Waals surface area contributed by atoms with Gasteiger partial charge in [-0.3, -0.25) is 4.90 Å². The lowest BCUT2D eigenvalue weighted by atomic mass is 10.1.